The van der Waals surface area contributed by atoms with Gasteiger partial charge in [-0.3, -0.25) is 9.59 Å². The molecular weight excluding hydrogens is 326 g/mol. The van der Waals surface area contributed by atoms with Crippen molar-refractivity contribution >= 4 is 23.2 Å². The number of hydrogen-bond donors (Lipinski definition) is 0. The van der Waals surface area contributed by atoms with Crippen molar-refractivity contribution in [3.63, 3.8) is 0 Å². The second kappa shape index (κ2) is 6.76. The first-order chi connectivity index (χ1) is 11.5. The van der Waals surface area contributed by atoms with Crippen molar-refractivity contribution in [1.82, 2.24) is 14.8 Å². The predicted octanol–water partition coefficient (Wildman–Crippen LogP) is 2.77. The van der Waals surface area contributed by atoms with E-state index in [4.69, 9.17) is 4.42 Å². The Morgan fingerprint density at radius 1 is 1.33 bits per heavy atom. The van der Waals surface area contributed by atoms with E-state index in [9.17, 15) is 9.59 Å². The fraction of sp³-hybridized carbons (Fsp3) is 0.471. The molecule has 24 heavy (non-hydrogen) atoms. The number of nitrogens with zero attached hydrogens (tertiary/aromatic N) is 3. The number of aryl methyl sites for hydroxylation is 1. The molecule has 2 aromatic rings. The maximum absolute atomic E-state index is 12.4. The van der Waals surface area contributed by atoms with Crippen molar-refractivity contribution in [3.05, 3.63) is 39.7 Å². The summed E-state index contributed by atoms with van der Waals surface area (Å²) in [6, 6.07) is 3.75. The minimum absolute atomic E-state index is 0.0931. The van der Waals surface area contributed by atoms with E-state index in [0.717, 1.165) is 17.7 Å². The second-order valence-corrected chi connectivity index (χ2v) is 7.15. The fourth-order valence-corrected chi connectivity index (χ4v) is 3.58. The molecule has 0 N–H and O–H groups in total. The number of thiophene rings is 1. The number of aromatic nitrogens is 1. The Morgan fingerprint density at radius 2 is 2.04 bits per heavy atom. The molecule has 3 rings (SSSR count). The molecule has 1 aliphatic rings. The largest absolute Gasteiger partial charge is 0.445 e. The smallest absolute Gasteiger partial charge is 0.275 e. The van der Waals surface area contributed by atoms with Crippen molar-refractivity contribution in [2.75, 3.05) is 27.2 Å². The van der Waals surface area contributed by atoms with E-state index in [0.29, 0.717) is 30.4 Å². The van der Waals surface area contributed by atoms with Gasteiger partial charge in [0.05, 0.1) is 4.88 Å². The third kappa shape index (κ3) is 3.21. The maximum Gasteiger partial charge on any atom is 0.275 e. The summed E-state index contributed by atoms with van der Waals surface area (Å²) in [7, 11) is 3.40. The minimum Gasteiger partial charge on any atom is -0.445 e. The Bertz CT molecular complexity index is 728. The summed E-state index contributed by atoms with van der Waals surface area (Å²) in [5.41, 5.74) is 0.382. The zero-order chi connectivity index (χ0) is 17.3. The van der Waals surface area contributed by atoms with Crippen molar-refractivity contribution < 1.29 is 14.0 Å². The number of rotatable bonds is 3. The first kappa shape index (κ1) is 16.7. The summed E-state index contributed by atoms with van der Waals surface area (Å²) in [5, 5.41) is 1.92. The van der Waals surface area contributed by atoms with E-state index in [1.54, 1.807) is 21.0 Å². The summed E-state index contributed by atoms with van der Waals surface area (Å²) in [5.74, 6) is 1.27. The highest BCUT2D eigenvalue weighted by Crippen LogP contribution is 2.30. The average Bonchev–Trinajstić information content (AvgIpc) is 3.23. The van der Waals surface area contributed by atoms with Gasteiger partial charge in [0.25, 0.3) is 11.8 Å². The van der Waals surface area contributed by atoms with Crippen LogP contribution in [0.2, 0.25) is 0 Å². The van der Waals surface area contributed by atoms with Gasteiger partial charge in [0.1, 0.15) is 5.76 Å². The lowest BCUT2D eigenvalue weighted by atomic mass is 9.96. The second-order valence-electron chi connectivity index (χ2n) is 6.20. The number of amides is 2. The van der Waals surface area contributed by atoms with Crippen LogP contribution in [0.1, 0.15) is 50.6 Å². The van der Waals surface area contributed by atoms with E-state index in [-0.39, 0.29) is 17.7 Å². The molecular formula is C17H21N3O3S. The van der Waals surface area contributed by atoms with Crippen LogP contribution in [0.4, 0.5) is 0 Å². The number of oxazole rings is 1. The third-order valence-corrected chi connectivity index (χ3v) is 5.14. The molecule has 2 aromatic heterocycles. The van der Waals surface area contributed by atoms with Gasteiger partial charge in [-0.05, 0) is 31.2 Å². The van der Waals surface area contributed by atoms with Gasteiger partial charge < -0.3 is 14.2 Å². The summed E-state index contributed by atoms with van der Waals surface area (Å²) < 4.78 is 5.73. The molecule has 1 fully saturated rings. The molecule has 0 radical (unpaired) electrons. The van der Waals surface area contributed by atoms with Crippen molar-refractivity contribution in [3.8, 4) is 0 Å². The summed E-state index contributed by atoms with van der Waals surface area (Å²) in [6.07, 6.45) is 1.60. The molecule has 0 saturated carbocycles. The molecule has 128 valence electrons. The van der Waals surface area contributed by atoms with E-state index in [2.05, 4.69) is 4.98 Å². The number of hydrogen-bond acceptors (Lipinski definition) is 5. The van der Waals surface area contributed by atoms with Crippen molar-refractivity contribution in [1.29, 1.82) is 0 Å². The standard InChI is InChI=1S/C17H21N3O3S/c1-11-14(17(22)19(2)3)18-15(23-11)12-6-8-20(9-7-12)16(21)13-5-4-10-24-13/h4-5,10,12H,6-9H2,1-3H3. The minimum atomic E-state index is -0.146. The summed E-state index contributed by atoms with van der Waals surface area (Å²) in [4.78, 5) is 33.0. The normalized spacial score (nSPS) is 15.5. The lowest BCUT2D eigenvalue weighted by Gasteiger charge is -2.30. The molecule has 0 bridgehead atoms. The van der Waals surface area contributed by atoms with Gasteiger partial charge in [0, 0.05) is 33.1 Å². The van der Waals surface area contributed by atoms with Crippen LogP contribution < -0.4 is 0 Å². The first-order valence-electron chi connectivity index (χ1n) is 7.99. The highest BCUT2D eigenvalue weighted by atomic mass is 32.1. The zero-order valence-electron chi connectivity index (χ0n) is 14.1. The Hall–Kier alpha value is -2.15. The van der Waals surface area contributed by atoms with Crippen LogP contribution in [-0.4, -0.2) is 53.8 Å². The van der Waals surface area contributed by atoms with Gasteiger partial charge in [0.2, 0.25) is 0 Å². The van der Waals surface area contributed by atoms with Crippen LogP contribution in [-0.2, 0) is 0 Å². The topological polar surface area (TPSA) is 66.7 Å². The Labute approximate surface area is 145 Å². The lowest BCUT2D eigenvalue weighted by molar-refractivity contribution is 0.0710. The molecule has 1 aliphatic heterocycles. The van der Waals surface area contributed by atoms with Gasteiger partial charge in [0.15, 0.2) is 11.6 Å². The molecule has 0 atom stereocenters. The van der Waals surface area contributed by atoms with Gasteiger partial charge in [-0.25, -0.2) is 4.98 Å². The fourth-order valence-electron chi connectivity index (χ4n) is 2.89. The number of carbonyl (C=O) groups is 2. The van der Waals surface area contributed by atoms with E-state index in [1.807, 2.05) is 22.4 Å². The Balaban J connectivity index is 1.66. The van der Waals surface area contributed by atoms with E-state index < -0.39 is 0 Å². The molecule has 7 heteroatoms. The quantitative estimate of drug-likeness (QED) is 0.856. The van der Waals surface area contributed by atoms with Crippen LogP contribution in [0, 0.1) is 6.92 Å². The SMILES string of the molecule is Cc1oc(C2CCN(C(=O)c3cccs3)CC2)nc1C(=O)N(C)C. The first-order valence-corrected chi connectivity index (χ1v) is 8.87. The van der Waals surface area contributed by atoms with Gasteiger partial charge >= 0.3 is 0 Å². The molecule has 1 saturated heterocycles. The van der Waals surface area contributed by atoms with Crippen LogP contribution in [0.5, 0.6) is 0 Å². The Kier molecular flexibility index (Phi) is 4.71. The zero-order valence-corrected chi connectivity index (χ0v) is 14.9. The van der Waals surface area contributed by atoms with Crippen LogP contribution >= 0.6 is 11.3 Å². The van der Waals surface area contributed by atoms with Crippen molar-refractivity contribution in [2.24, 2.45) is 0 Å². The van der Waals surface area contributed by atoms with Gasteiger partial charge in [-0.1, -0.05) is 6.07 Å². The van der Waals surface area contributed by atoms with Gasteiger partial charge in [-0.2, -0.15) is 0 Å². The van der Waals surface area contributed by atoms with Crippen LogP contribution in [0.25, 0.3) is 0 Å². The maximum atomic E-state index is 12.4. The monoisotopic (exact) mass is 347 g/mol. The molecule has 6 nitrogen and oxygen atoms in total. The van der Waals surface area contributed by atoms with Crippen LogP contribution in [0.3, 0.4) is 0 Å². The average molecular weight is 347 g/mol. The molecule has 0 aliphatic carbocycles. The number of piperidine rings is 1. The highest BCUT2D eigenvalue weighted by molar-refractivity contribution is 7.12. The molecule has 3 heterocycles. The molecule has 0 aromatic carbocycles. The highest BCUT2D eigenvalue weighted by Gasteiger charge is 2.29. The van der Waals surface area contributed by atoms with E-state index in [1.165, 1.54) is 16.2 Å². The number of likely N-dealkylation sites (tertiary alicyclic amines) is 1. The molecule has 0 unspecified atom stereocenters. The van der Waals surface area contributed by atoms with Gasteiger partial charge in [-0.15, -0.1) is 11.3 Å². The molecule has 0 spiro atoms. The lowest BCUT2D eigenvalue weighted by Crippen LogP contribution is -2.37. The summed E-state index contributed by atoms with van der Waals surface area (Å²) >= 11 is 1.47. The Morgan fingerprint density at radius 3 is 2.62 bits per heavy atom. The van der Waals surface area contributed by atoms with Crippen molar-refractivity contribution in [2.45, 2.75) is 25.7 Å². The summed E-state index contributed by atoms with van der Waals surface area (Å²) in [6.45, 7) is 3.13. The molecule has 2 amide bonds. The predicted molar refractivity (Wildman–Crippen MR) is 91.5 cm³/mol. The number of carbonyl (C=O) groups excluding carboxylic acids is 2. The van der Waals surface area contributed by atoms with Crippen LogP contribution in [0.15, 0.2) is 21.9 Å². The third-order valence-electron chi connectivity index (χ3n) is 4.29. The van der Waals surface area contributed by atoms with E-state index >= 15 is 0 Å².